The molecule has 0 bridgehead atoms. The van der Waals surface area contributed by atoms with Crippen LogP contribution in [-0.4, -0.2) is 35.7 Å². The predicted molar refractivity (Wildman–Crippen MR) is 77.3 cm³/mol. The van der Waals surface area contributed by atoms with E-state index < -0.39 is 0 Å². The summed E-state index contributed by atoms with van der Waals surface area (Å²) < 4.78 is 1.09. The minimum absolute atomic E-state index is 0.226. The average Bonchev–Trinajstić information content (AvgIpc) is 2.80. The third kappa shape index (κ3) is 3.12. The van der Waals surface area contributed by atoms with Gasteiger partial charge in [0.2, 0.25) is 0 Å². The second-order valence-corrected chi connectivity index (χ2v) is 6.01. The van der Waals surface area contributed by atoms with Crippen LogP contribution in [0.1, 0.15) is 24.9 Å². The summed E-state index contributed by atoms with van der Waals surface area (Å²) in [5.41, 5.74) is 7.19. The van der Waals surface area contributed by atoms with Crippen LogP contribution in [0.15, 0.2) is 28.7 Å². The summed E-state index contributed by atoms with van der Waals surface area (Å²) in [6.07, 6.45) is 0.832. The molecule has 18 heavy (non-hydrogen) atoms. The van der Waals surface area contributed by atoms with Crippen molar-refractivity contribution in [1.29, 1.82) is 0 Å². The molecule has 1 aromatic carbocycles. The van der Waals surface area contributed by atoms with Gasteiger partial charge in [0.05, 0.1) is 6.10 Å². The third-order valence-corrected chi connectivity index (χ3v) is 4.33. The van der Waals surface area contributed by atoms with Crippen LogP contribution in [0.4, 0.5) is 0 Å². The molecule has 3 atom stereocenters. The number of nitrogens with two attached hydrogens (primary N) is 1. The lowest BCUT2D eigenvalue weighted by Crippen LogP contribution is -2.33. The van der Waals surface area contributed by atoms with Crippen molar-refractivity contribution >= 4 is 15.9 Å². The quantitative estimate of drug-likeness (QED) is 0.895. The van der Waals surface area contributed by atoms with Crippen molar-refractivity contribution in [2.75, 3.05) is 19.6 Å². The molecule has 1 aliphatic rings. The van der Waals surface area contributed by atoms with E-state index in [9.17, 15) is 5.11 Å². The summed E-state index contributed by atoms with van der Waals surface area (Å²) in [4.78, 5) is 2.39. The van der Waals surface area contributed by atoms with Crippen LogP contribution in [0.25, 0.3) is 0 Å². The first-order valence-electron chi connectivity index (χ1n) is 6.49. The van der Waals surface area contributed by atoms with Crippen molar-refractivity contribution in [1.82, 2.24) is 4.90 Å². The molecule has 1 fully saturated rings. The van der Waals surface area contributed by atoms with Crippen molar-refractivity contribution in [3.8, 4) is 0 Å². The average molecular weight is 313 g/mol. The molecule has 0 aliphatic carbocycles. The number of hydrogen-bond acceptors (Lipinski definition) is 3. The lowest BCUT2D eigenvalue weighted by atomic mass is 10.0. The number of likely N-dealkylation sites (tertiary alicyclic amines) is 1. The van der Waals surface area contributed by atoms with Crippen LogP contribution >= 0.6 is 15.9 Å². The van der Waals surface area contributed by atoms with Crippen LogP contribution in [-0.2, 0) is 0 Å². The van der Waals surface area contributed by atoms with Crippen LogP contribution in [0.3, 0.4) is 0 Å². The first kappa shape index (κ1) is 14.0. The maximum Gasteiger partial charge on any atom is 0.0552 e. The maximum absolute atomic E-state index is 9.67. The van der Waals surface area contributed by atoms with Crippen LogP contribution in [0, 0.1) is 5.92 Å². The number of rotatable bonds is 4. The molecule has 100 valence electrons. The molecule has 2 rings (SSSR count). The minimum atomic E-state index is -0.226. The van der Waals surface area contributed by atoms with Crippen LogP contribution in [0.2, 0.25) is 0 Å². The molecule has 0 radical (unpaired) electrons. The number of halogens is 1. The molecule has 0 amide bonds. The van der Waals surface area contributed by atoms with Crippen LogP contribution < -0.4 is 5.73 Å². The van der Waals surface area contributed by atoms with Crippen molar-refractivity contribution in [2.24, 2.45) is 11.7 Å². The SMILES string of the molecule is CC(O)C1CCN(C(CN)c2cccc(Br)c2)C1. The Kier molecular flexibility index (Phi) is 4.78. The van der Waals surface area contributed by atoms with Gasteiger partial charge in [-0.15, -0.1) is 0 Å². The van der Waals surface area contributed by atoms with E-state index in [-0.39, 0.29) is 12.1 Å². The topological polar surface area (TPSA) is 49.5 Å². The van der Waals surface area contributed by atoms with E-state index in [1.165, 1.54) is 5.56 Å². The highest BCUT2D eigenvalue weighted by Crippen LogP contribution is 2.29. The molecule has 1 aliphatic heterocycles. The summed E-state index contributed by atoms with van der Waals surface area (Å²) in [6.45, 7) is 4.45. The Morgan fingerprint density at radius 3 is 2.89 bits per heavy atom. The highest BCUT2D eigenvalue weighted by atomic mass is 79.9. The smallest absolute Gasteiger partial charge is 0.0552 e. The van der Waals surface area contributed by atoms with E-state index in [0.29, 0.717) is 12.5 Å². The van der Waals surface area contributed by atoms with Crippen molar-refractivity contribution in [2.45, 2.75) is 25.5 Å². The Bertz CT molecular complexity index is 397. The lowest BCUT2D eigenvalue weighted by Gasteiger charge is -2.27. The van der Waals surface area contributed by atoms with E-state index in [1.54, 1.807) is 0 Å². The fraction of sp³-hybridized carbons (Fsp3) is 0.571. The predicted octanol–water partition coefficient (Wildman–Crippen LogP) is 2.15. The molecule has 3 unspecified atom stereocenters. The molecular formula is C14H21BrN2O. The number of hydrogen-bond donors (Lipinski definition) is 2. The molecule has 0 saturated carbocycles. The zero-order valence-corrected chi connectivity index (χ0v) is 12.3. The minimum Gasteiger partial charge on any atom is -0.393 e. The fourth-order valence-electron chi connectivity index (χ4n) is 2.70. The van der Waals surface area contributed by atoms with Crippen molar-refractivity contribution in [3.63, 3.8) is 0 Å². The summed E-state index contributed by atoms with van der Waals surface area (Å²) >= 11 is 3.50. The van der Waals surface area contributed by atoms with Crippen LogP contribution in [0.5, 0.6) is 0 Å². The third-order valence-electron chi connectivity index (χ3n) is 3.84. The van der Waals surface area contributed by atoms with E-state index in [4.69, 9.17) is 5.73 Å². The van der Waals surface area contributed by atoms with E-state index in [2.05, 4.69) is 33.0 Å². The zero-order valence-electron chi connectivity index (χ0n) is 10.7. The van der Waals surface area contributed by atoms with Gasteiger partial charge in [0, 0.05) is 23.6 Å². The molecule has 1 aromatic rings. The van der Waals surface area contributed by atoms with Gasteiger partial charge in [0.25, 0.3) is 0 Å². The summed E-state index contributed by atoms with van der Waals surface area (Å²) in [5.74, 6) is 0.381. The Balaban J connectivity index is 2.10. The van der Waals surface area contributed by atoms with Crippen molar-refractivity contribution < 1.29 is 5.11 Å². The standard InChI is InChI=1S/C14H21BrN2O/c1-10(18)12-5-6-17(9-12)14(8-16)11-3-2-4-13(15)7-11/h2-4,7,10,12,14,18H,5-6,8-9,16H2,1H3. The highest BCUT2D eigenvalue weighted by molar-refractivity contribution is 9.10. The molecule has 4 heteroatoms. The largest absolute Gasteiger partial charge is 0.393 e. The second kappa shape index (κ2) is 6.15. The molecule has 3 N–H and O–H groups in total. The van der Waals surface area contributed by atoms with E-state index in [1.807, 2.05) is 19.1 Å². The lowest BCUT2D eigenvalue weighted by molar-refractivity contribution is 0.122. The first-order valence-corrected chi connectivity index (χ1v) is 7.28. The maximum atomic E-state index is 9.67. The summed E-state index contributed by atoms with van der Waals surface area (Å²) in [7, 11) is 0. The monoisotopic (exact) mass is 312 g/mol. The number of nitrogens with zero attached hydrogens (tertiary/aromatic N) is 1. The van der Waals surface area contributed by atoms with E-state index >= 15 is 0 Å². The van der Waals surface area contributed by atoms with Gasteiger partial charge in [-0.3, -0.25) is 4.90 Å². The number of aliphatic hydroxyl groups is 1. The first-order chi connectivity index (χ1) is 8.61. The molecular weight excluding hydrogens is 292 g/mol. The Morgan fingerprint density at radius 2 is 2.33 bits per heavy atom. The number of aliphatic hydroxyl groups excluding tert-OH is 1. The van der Waals surface area contributed by atoms with Gasteiger partial charge < -0.3 is 10.8 Å². The Labute approximate surface area is 117 Å². The molecule has 0 spiro atoms. The highest BCUT2D eigenvalue weighted by Gasteiger charge is 2.30. The molecule has 0 aromatic heterocycles. The molecule has 1 saturated heterocycles. The molecule has 3 nitrogen and oxygen atoms in total. The fourth-order valence-corrected chi connectivity index (χ4v) is 3.12. The Hall–Kier alpha value is -0.420. The van der Waals surface area contributed by atoms with E-state index in [0.717, 1.165) is 24.0 Å². The van der Waals surface area contributed by atoms with Gasteiger partial charge in [0.1, 0.15) is 0 Å². The summed E-state index contributed by atoms with van der Waals surface area (Å²) in [5, 5.41) is 9.67. The number of benzene rings is 1. The zero-order chi connectivity index (χ0) is 13.1. The normalized spacial score (nSPS) is 24.1. The van der Waals surface area contributed by atoms with Gasteiger partial charge in [-0.25, -0.2) is 0 Å². The molecule has 1 heterocycles. The van der Waals surface area contributed by atoms with Crippen molar-refractivity contribution in [3.05, 3.63) is 34.3 Å². The van der Waals surface area contributed by atoms with Gasteiger partial charge in [-0.1, -0.05) is 28.1 Å². The van der Waals surface area contributed by atoms with Gasteiger partial charge in [-0.2, -0.15) is 0 Å². The second-order valence-electron chi connectivity index (χ2n) is 5.09. The van der Waals surface area contributed by atoms with Gasteiger partial charge >= 0.3 is 0 Å². The van der Waals surface area contributed by atoms with Gasteiger partial charge in [-0.05, 0) is 43.5 Å². The Morgan fingerprint density at radius 1 is 1.56 bits per heavy atom. The van der Waals surface area contributed by atoms with Gasteiger partial charge in [0.15, 0.2) is 0 Å². The summed E-state index contributed by atoms with van der Waals surface area (Å²) in [6, 6.07) is 8.58.